The maximum absolute atomic E-state index is 5.14. The molecule has 0 unspecified atom stereocenters. The molecule has 0 bridgehead atoms. The van der Waals surface area contributed by atoms with Crippen molar-refractivity contribution in [1.29, 1.82) is 0 Å². The maximum Gasteiger partial charge on any atom is 0.164 e. The van der Waals surface area contributed by atoms with Crippen LogP contribution in [0.25, 0.3) is 113 Å². The minimum Gasteiger partial charge on any atom is -0.309 e. The van der Waals surface area contributed by atoms with E-state index in [9.17, 15) is 0 Å². The third-order valence-electron chi connectivity index (χ3n) is 10.8. The molecule has 0 aliphatic carbocycles. The third-order valence-corrected chi connectivity index (χ3v) is 13.2. The first-order valence-corrected chi connectivity index (χ1v) is 20.0. The summed E-state index contributed by atoms with van der Waals surface area (Å²) in [6.07, 6.45) is 0. The summed E-state index contributed by atoms with van der Waals surface area (Å²) >= 11 is 3.70. The molecule has 55 heavy (non-hydrogen) atoms. The van der Waals surface area contributed by atoms with Gasteiger partial charge in [0.2, 0.25) is 0 Å². The third kappa shape index (κ3) is 4.65. The molecule has 12 aromatic rings. The predicted octanol–water partition coefficient (Wildman–Crippen LogP) is 13.9. The smallest absolute Gasteiger partial charge is 0.164 e. The van der Waals surface area contributed by atoms with Gasteiger partial charge in [0, 0.05) is 78.9 Å². The van der Waals surface area contributed by atoms with E-state index in [1.807, 2.05) is 40.9 Å². The van der Waals surface area contributed by atoms with E-state index >= 15 is 0 Å². The van der Waals surface area contributed by atoms with E-state index in [0.717, 1.165) is 22.4 Å². The van der Waals surface area contributed by atoms with Crippen molar-refractivity contribution in [3.8, 4) is 39.9 Å². The van der Waals surface area contributed by atoms with E-state index in [1.165, 1.54) is 72.9 Å². The number of rotatable bonds is 4. The Morgan fingerprint density at radius 2 is 0.909 bits per heavy atom. The molecule has 12 rings (SSSR count). The molecular weight excluding hydrogens is 709 g/mol. The molecule has 0 saturated carbocycles. The lowest BCUT2D eigenvalue weighted by Crippen LogP contribution is -2.00. The van der Waals surface area contributed by atoms with Crippen LogP contribution in [0.2, 0.25) is 0 Å². The van der Waals surface area contributed by atoms with Crippen LogP contribution in [0.5, 0.6) is 0 Å². The molecule has 4 aromatic heterocycles. The summed E-state index contributed by atoms with van der Waals surface area (Å²) in [6.45, 7) is 0. The normalized spacial score (nSPS) is 12.0. The van der Waals surface area contributed by atoms with E-state index in [1.54, 1.807) is 0 Å². The van der Waals surface area contributed by atoms with Crippen LogP contribution in [-0.4, -0.2) is 19.5 Å². The molecule has 6 heteroatoms. The predicted molar refractivity (Wildman–Crippen MR) is 234 cm³/mol. The number of benzene rings is 8. The highest BCUT2D eigenvalue weighted by atomic mass is 32.1. The first-order chi connectivity index (χ1) is 27.3. The number of aromatic nitrogens is 4. The number of hydrogen-bond donors (Lipinski definition) is 0. The van der Waals surface area contributed by atoms with Gasteiger partial charge in [0.1, 0.15) is 0 Å². The highest BCUT2D eigenvalue weighted by Crippen LogP contribution is 2.48. The topological polar surface area (TPSA) is 43.6 Å². The standard InChI is InChI=1S/C49H28N4S2/c1-2-12-29(13-3-1)47-50-48(52-49(51-47)31-24-27-42-38(28-31)33-14-7-10-20-40(33)54-42)30-22-25-32(26-23-30)53-39-19-9-6-17-36(39)43-34-15-4-5-16-35(34)46-44(45(43)53)37-18-8-11-21-41(37)55-46/h1-28H. The maximum atomic E-state index is 5.14. The number of para-hydroxylation sites is 1. The van der Waals surface area contributed by atoms with Crippen LogP contribution in [-0.2, 0) is 0 Å². The lowest BCUT2D eigenvalue weighted by atomic mass is 10.00. The van der Waals surface area contributed by atoms with E-state index in [2.05, 4.69) is 156 Å². The van der Waals surface area contributed by atoms with Gasteiger partial charge in [0.15, 0.2) is 17.5 Å². The average Bonchev–Trinajstić information content (AvgIpc) is 3.94. The Bertz CT molecular complexity index is 3490. The quantitative estimate of drug-likeness (QED) is 0.181. The number of fused-ring (bicyclic) bond motifs is 13. The zero-order valence-corrected chi connectivity index (χ0v) is 30.9. The van der Waals surface area contributed by atoms with Crippen molar-refractivity contribution in [2.45, 2.75) is 0 Å². The zero-order valence-electron chi connectivity index (χ0n) is 29.3. The lowest BCUT2D eigenvalue weighted by Gasteiger charge is -2.12. The molecular formula is C49H28N4S2. The fraction of sp³-hybridized carbons (Fsp3) is 0. The Kier molecular flexibility index (Phi) is 6.64. The summed E-state index contributed by atoms with van der Waals surface area (Å²) in [5.74, 6) is 1.96. The number of nitrogens with zero attached hydrogens (tertiary/aromatic N) is 4. The summed E-state index contributed by atoms with van der Waals surface area (Å²) in [5.41, 5.74) is 6.38. The van der Waals surface area contributed by atoms with Crippen molar-refractivity contribution in [2.75, 3.05) is 0 Å². The van der Waals surface area contributed by atoms with Gasteiger partial charge >= 0.3 is 0 Å². The second-order valence-electron chi connectivity index (χ2n) is 14.0. The van der Waals surface area contributed by atoms with Gasteiger partial charge in [-0.1, -0.05) is 109 Å². The minimum atomic E-state index is 0.644. The Morgan fingerprint density at radius 1 is 0.364 bits per heavy atom. The van der Waals surface area contributed by atoms with Gasteiger partial charge in [-0.2, -0.15) is 0 Å². The summed E-state index contributed by atoms with van der Waals surface area (Å²) in [7, 11) is 0. The van der Waals surface area contributed by atoms with Crippen LogP contribution in [0, 0.1) is 0 Å². The average molecular weight is 737 g/mol. The molecule has 0 saturated heterocycles. The van der Waals surface area contributed by atoms with E-state index < -0.39 is 0 Å². The molecule has 256 valence electrons. The van der Waals surface area contributed by atoms with E-state index in [0.29, 0.717) is 17.5 Å². The van der Waals surface area contributed by atoms with Gasteiger partial charge in [-0.3, -0.25) is 0 Å². The fourth-order valence-electron chi connectivity index (χ4n) is 8.36. The van der Waals surface area contributed by atoms with Crippen LogP contribution in [0.15, 0.2) is 170 Å². The molecule has 4 nitrogen and oxygen atoms in total. The lowest BCUT2D eigenvalue weighted by molar-refractivity contribution is 1.07. The Hall–Kier alpha value is -6.73. The molecule has 0 atom stereocenters. The van der Waals surface area contributed by atoms with Crippen LogP contribution in [0.1, 0.15) is 0 Å². The number of hydrogen-bond acceptors (Lipinski definition) is 5. The van der Waals surface area contributed by atoms with Gasteiger partial charge in [-0.25, -0.2) is 15.0 Å². The zero-order chi connectivity index (χ0) is 36.0. The molecule has 0 spiro atoms. The molecule has 0 radical (unpaired) electrons. The monoisotopic (exact) mass is 736 g/mol. The van der Waals surface area contributed by atoms with Gasteiger partial charge in [-0.05, 0) is 66.0 Å². The summed E-state index contributed by atoms with van der Waals surface area (Å²) < 4.78 is 7.61. The van der Waals surface area contributed by atoms with Crippen LogP contribution >= 0.6 is 22.7 Å². The first kappa shape index (κ1) is 30.7. The molecule has 4 heterocycles. The van der Waals surface area contributed by atoms with Gasteiger partial charge in [0.05, 0.1) is 11.0 Å². The Labute approximate surface area is 323 Å². The molecule has 0 fully saturated rings. The van der Waals surface area contributed by atoms with Crippen molar-refractivity contribution < 1.29 is 0 Å². The first-order valence-electron chi connectivity index (χ1n) is 18.4. The summed E-state index contributed by atoms with van der Waals surface area (Å²) in [4.78, 5) is 15.3. The fourth-order valence-corrected chi connectivity index (χ4v) is 10.7. The molecule has 0 N–H and O–H groups in total. The van der Waals surface area contributed by atoms with E-state index in [-0.39, 0.29) is 0 Å². The molecule has 0 amide bonds. The van der Waals surface area contributed by atoms with Gasteiger partial charge < -0.3 is 4.57 Å². The second kappa shape index (κ2) is 11.9. The Morgan fingerprint density at radius 3 is 1.67 bits per heavy atom. The van der Waals surface area contributed by atoms with Crippen molar-refractivity contribution in [3.05, 3.63) is 170 Å². The molecule has 0 aliphatic heterocycles. The van der Waals surface area contributed by atoms with E-state index in [4.69, 9.17) is 15.0 Å². The molecule has 8 aromatic carbocycles. The van der Waals surface area contributed by atoms with Crippen LogP contribution in [0.3, 0.4) is 0 Å². The van der Waals surface area contributed by atoms with Crippen molar-refractivity contribution in [3.63, 3.8) is 0 Å². The summed E-state index contributed by atoms with van der Waals surface area (Å²) in [6, 6.07) is 60.6. The van der Waals surface area contributed by atoms with Crippen LogP contribution in [0.4, 0.5) is 0 Å². The van der Waals surface area contributed by atoms with Crippen LogP contribution < -0.4 is 0 Å². The van der Waals surface area contributed by atoms with Crippen molar-refractivity contribution >= 4 is 95.6 Å². The van der Waals surface area contributed by atoms with Gasteiger partial charge in [0.25, 0.3) is 0 Å². The highest BCUT2D eigenvalue weighted by Gasteiger charge is 2.22. The highest BCUT2D eigenvalue weighted by molar-refractivity contribution is 7.27. The largest absolute Gasteiger partial charge is 0.309 e. The van der Waals surface area contributed by atoms with Crippen molar-refractivity contribution in [2.24, 2.45) is 0 Å². The molecule has 0 aliphatic rings. The van der Waals surface area contributed by atoms with Crippen molar-refractivity contribution in [1.82, 2.24) is 19.5 Å². The SMILES string of the molecule is c1ccc(-c2nc(-c3ccc(-n4c5ccccc5c5c6ccccc6c6sc7ccccc7c6c54)cc3)nc(-c3ccc4sc5ccccc5c4c3)n2)cc1. The van der Waals surface area contributed by atoms with Gasteiger partial charge in [-0.15, -0.1) is 22.7 Å². The minimum absolute atomic E-state index is 0.644. The second-order valence-corrected chi connectivity index (χ2v) is 16.1. The number of thiophene rings is 2. The Balaban J connectivity index is 1.07. The summed E-state index contributed by atoms with van der Waals surface area (Å²) in [5, 5.41) is 10.2.